The van der Waals surface area contributed by atoms with E-state index in [4.69, 9.17) is 13.8 Å². The zero-order chi connectivity index (χ0) is 36.0. The Balaban J connectivity index is 1.14. The maximum absolute atomic E-state index is 6.92. The second kappa shape index (κ2) is 11.6. The second-order valence-electron chi connectivity index (χ2n) is 14.7. The Labute approximate surface area is 312 Å². The monoisotopic (exact) mass is 697 g/mol. The Bertz CT molecular complexity index is 2950. The van der Waals surface area contributed by atoms with Crippen molar-refractivity contribution >= 4 is 61.4 Å². The Kier molecular flexibility index (Phi) is 6.59. The summed E-state index contributed by atoms with van der Waals surface area (Å²) in [4.78, 5) is 7.75. The number of para-hydroxylation sites is 3. The van der Waals surface area contributed by atoms with Gasteiger partial charge in [-0.25, -0.2) is 0 Å². The molecule has 54 heavy (non-hydrogen) atoms. The van der Waals surface area contributed by atoms with Crippen LogP contribution in [0.4, 0.5) is 22.7 Å². The Morgan fingerprint density at radius 1 is 0.593 bits per heavy atom. The summed E-state index contributed by atoms with van der Waals surface area (Å²) in [6, 6.07) is 57.5. The number of nitrogens with one attached hydrogen (secondary N) is 1. The average Bonchev–Trinajstić information content (AvgIpc) is 3.87. The predicted octanol–water partition coefficient (Wildman–Crippen LogP) is 13.1. The molecule has 258 valence electrons. The van der Waals surface area contributed by atoms with Crippen LogP contribution < -0.4 is 10.2 Å². The molecule has 0 amide bonds. The molecule has 0 saturated carbocycles. The minimum absolute atomic E-state index is 0.139. The first-order valence-electron chi connectivity index (χ1n) is 18.5. The number of anilines is 4. The van der Waals surface area contributed by atoms with E-state index >= 15 is 0 Å². The number of aliphatic imine (C=N–C) groups is 1. The van der Waals surface area contributed by atoms with Gasteiger partial charge in [-0.2, -0.15) is 0 Å². The molecule has 5 nitrogen and oxygen atoms in total. The third-order valence-corrected chi connectivity index (χ3v) is 11.3. The molecule has 2 aliphatic rings. The van der Waals surface area contributed by atoms with Crippen molar-refractivity contribution in [1.82, 2.24) is 0 Å². The van der Waals surface area contributed by atoms with E-state index < -0.39 is 6.17 Å². The Morgan fingerprint density at radius 2 is 1.26 bits per heavy atom. The van der Waals surface area contributed by atoms with Crippen LogP contribution in [0.15, 0.2) is 178 Å². The molecule has 5 heteroatoms. The lowest BCUT2D eigenvalue weighted by molar-refractivity contribution is 0.599. The largest absolute Gasteiger partial charge is 0.454 e. The highest BCUT2D eigenvalue weighted by atomic mass is 16.3. The van der Waals surface area contributed by atoms with Gasteiger partial charge in [0.15, 0.2) is 11.3 Å². The zero-order valence-electron chi connectivity index (χ0n) is 29.9. The molecule has 0 radical (unpaired) electrons. The number of benzene rings is 7. The van der Waals surface area contributed by atoms with Gasteiger partial charge in [0, 0.05) is 44.1 Å². The predicted molar refractivity (Wildman–Crippen MR) is 221 cm³/mol. The number of hydrogen-bond acceptors (Lipinski definition) is 5. The lowest BCUT2D eigenvalue weighted by Gasteiger charge is -2.29. The first kappa shape index (κ1) is 30.7. The molecule has 1 atom stereocenters. The SMILES string of the molecule is CC1(C)c2ccccc2-c2ccc(N(c3ccccc3)c3ccc(C4N=C(c5ccccc5)c5oc6ccccc6c5N4)c4c3oc3ccccc34)cc21. The van der Waals surface area contributed by atoms with Crippen molar-refractivity contribution in [3.8, 4) is 11.1 Å². The smallest absolute Gasteiger partial charge is 0.177 e. The fraction of sp³-hybridized carbons (Fsp3) is 0.0816. The third kappa shape index (κ3) is 4.48. The molecule has 11 rings (SSSR count). The average molecular weight is 698 g/mol. The summed E-state index contributed by atoms with van der Waals surface area (Å²) in [6.07, 6.45) is -0.407. The maximum Gasteiger partial charge on any atom is 0.177 e. The van der Waals surface area contributed by atoms with Crippen molar-refractivity contribution in [2.24, 2.45) is 4.99 Å². The molecule has 2 aromatic heterocycles. The summed E-state index contributed by atoms with van der Waals surface area (Å²) in [5.74, 6) is 0.750. The molecule has 0 bridgehead atoms. The summed E-state index contributed by atoms with van der Waals surface area (Å²) < 4.78 is 13.4. The van der Waals surface area contributed by atoms with Crippen molar-refractivity contribution in [1.29, 1.82) is 0 Å². The standard InChI is InChI=1S/C49H35N3O2/c1-49(2)38-22-12-9-19-33(38)34-26-25-32(29-39(34)49)52(31-17-7-4-8-18-31)40-28-27-37(43-35-20-10-13-23-41(35)53-46(40)43)48-50-44(30-15-5-3-6-16-30)47-45(51-48)36-21-11-14-24-42(36)54-47/h3-29,48,51H,1-2H3. The number of furan rings is 2. The lowest BCUT2D eigenvalue weighted by atomic mass is 9.82. The van der Waals surface area contributed by atoms with Gasteiger partial charge in [-0.1, -0.05) is 129 Å². The van der Waals surface area contributed by atoms with Gasteiger partial charge in [0.1, 0.15) is 23.0 Å². The summed E-state index contributed by atoms with van der Waals surface area (Å²) in [5.41, 5.74) is 14.5. The highest BCUT2D eigenvalue weighted by Crippen LogP contribution is 2.52. The molecule has 1 unspecified atom stereocenters. The van der Waals surface area contributed by atoms with Crippen molar-refractivity contribution in [2.75, 3.05) is 10.2 Å². The van der Waals surface area contributed by atoms with Crippen molar-refractivity contribution < 1.29 is 8.83 Å². The zero-order valence-corrected chi connectivity index (χ0v) is 29.9. The summed E-state index contributed by atoms with van der Waals surface area (Å²) in [6.45, 7) is 4.66. The van der Waals surface area contributed by atoms with E-state index in [2.05, 4.69) is 151 Å². The number of fused-ring (bicyclic) bond motifs is 9. The molecule has 3 heterocycles. The van der Waals surface area contributed by atoms with Crippen LogP contribution in [-0.4, -0.2) is 5.71 Å². The Morgan fingerprint density at radius 3 is 2.07 bits per heavy atom. The van der Waals surface area contributed by atoms with Gasteiger partial charge in [-0.3, -0.25) is 4.99 Å². The van der Waals surface area contributed by atoms with E-state index in [9.17, 15) is 0 Å². The molecule has 0 saturated heterocycles. The van der Waals surface area contributed by atoms with Crippen LogP contribution >= 0.6 is 0 Å². The molecule has 0 spiro atoms. The van der Waals surface area contributed by atoms with Crippen molar-refractivity contribution in [3.05, 3.63) is 192 Å². The highest BCUT2D eigenvalue weighted by molar-refractivity contribution is 6.19. The number of nitrogens with zero attached hydrogens (tertiary/aromatic N) is 2. The first-order valence-corrected chi connectivity index (χ1v) is 18.5. The lowest BCUT2D eigenvalue weighted by Crippen LogP contribution is -2.20. The first-order chi connectivity index (χ1) is 26.5. The third-order valence-electron chi connectivity index (χ3n) is 11.3. The van der Waals surface area contributed by atoms with Gasteiger partial charge in [-0.15, -0.1) is 0 Å². The molecular formula is C49H35N3O2. The molecule has 1 N–H and O–H groups in total. The van der Waals surface area contributed by atoms with Crippen LogP contribution in [0, 0.1) is 0 Å². The van der Waals surface area contributed by atoms with Crippen LogP contribution in [0.5, 0.6) is 0 Å². The topological polar surface area (TPSA) is 53.9 Å². The number of rotatable bonds is 5. The van der Waals surface area contributed by atoms with Crippen LogP contribution in [-0.2, 0) is 5.41 Å². The molecular weight excluding hydrogens is 663 g/mol. The highest BCUT2D eigenvalue weighted by Gasteiger charge is 2.36. The van der Waals surface area contributed by atoms with Gasteiger partial charge in [0.25, 0.3) is 0 Å². The summed E-state index contributed by atoms with van der Waals surface area (Å²) >= 11 is 0. The summed E-state index contributed by atoms with van der Waals surface area (Å²) in [5, 5.41) is 6.91. The fourth-order valence-corrected chi connectivity index (χ4v) is 8.74. The normalized spacial score (nSPS) is 15.4. The van der Waals surface area contributed by atoms with Gasteiger partial charge >= 0.3 is 0 Å². The van der Waals surface area contributed by atoms with Crippen LogP contribution in [0.3, 0.4) is 0 Å². The van der Waals surface area contributed by atoms with Crippen molar-refractivity contribution in [3.63, 3.8) is 0 Å². The van der Waals surface area contributed by atoms with E-state index in [0.29, 0.717) is 0 Å². The van der Waals surface area contributed by atoms with E-state index in [1.807, 2.05) is 36.4 Å². The van der Waals surface area contributed by atoms with Gasteiger partial charge in [-0.05, 0) is 70.8 Å². The minimum Gasteiger partial charge on any atom is -0.454 e. The molecule has 1 aliphatic carbocycles. The van der Waals surface area contributed by atoms with Gasteiger partial charge in [0.2, 0.25) is 0 Å². The fourth-order valence-electron chi connectivity index (χ4n) is 8.74. The minimum atomic E-state index is -0.407. The summed E-state index contributed by atoms with van der Waals surface area (Å²) in [7, 11) is 0. The molecule has 1 aliphatic heterocycles. The van der Waals surface area contributed by atoms with Crippen molar-refractivity contribution in [2.45, 2.75) is 25.4 Å². The quantitative estimate of drug-likeness (QED) is 0.194. The molecule has 9 aromatic rings. The van der Waals surface area contributed by atoms with Gasteiger partial charge < -0.3 is 19.1 Å². The Hall–Kier alpha value is -6.85. The van der Waals surface area contributed by atoms with E-state index in [1.165, 1.54) is 22.3 Å². The van der Waals surface area contributed by atoms with E-state index in [0.717, 1.165) is 78.3 Å². The molecule has 7 aromatic carbocycles. The maximum atomic E-state index is 6.92. The van der Waals surface area contributed by atoms with Crippen LogP contribution in [0.2, 0.25) is 0 Å². The number of hydrogen-bond donors (Lipinski definition) is 1. The van der Waals surface area contributed by atoms with Gasteiger partial charge in [0.05, 0.1) is 11.4 Å². The second-order valence-corrected chi connectivity index (χ2v) is 14.7. The molecule has 0 fully saturated rings. The van der Waals surface area contributed by atoms with E-state index in [1.54, 1.807) is 0 Å². The van der Waals surface area contributed by atoms with Crippen LogP contribution in [0.1, 0.15) is 48.0 Å². The van der Waals surface area contributed by atoms with E-state index in [-0.39, 0.29) is 5.41 Å². The van der Waals surface area contributed by atoms with Crippen LogP contribution in [0.25, 0.3) is 44.0 Å².